The van der Waals surface area contributed by atoms with E-state index in [0.717, 1.165) is 5.56 Å². The summed E-state index contributed by atoms with van der Waals surface area (Å²) in [5, 5.41) is 0. The topological polar surface area (TPSA) is 87.9 Å². The Morgan fingerprint density at radius 3 is 2.33 bits per heavy atom. The van der Waals surface area contributed by atoms with E-state index in [9.17, 15) is 9.59 Å². The third-order valence-electron chi connectivity index (χ3n) is 2.93. The summed E-state index contributed by atoms with van der Waals surface area (Å²) in [5.41, 5.74) is 6.73. The molecule has 132 valence electrons. The van der Waals surface area contributed by atoms with E-state index in [0.29, 0.717) is 17.9 Å². The number of anilines is 1. The van der Waals surface area contributed by atoms with E-state index in [-0.39, 0.29) is 5.76 Å². The number of methoxy groups -OCH3 is 1. The molecule has 24 heavy (non-hydrogen) atoms. The average molecular weight is 335 g/mol. The van der Waals surface area contributed by atoms with Crippen LogP contribution in [0.2, 0.25) is 0 Å². The summed E-state index contributed by atoms with van der Waals surface area (Å²) in [6, 6.07) is 5.00. The van der Waals surface area contributed by atoms with Gasteiger partial charge in [-0.25, -0.2) is 0 Å². The van der Waals surface area contributed by atoms with Gasteiger partial charge in [0.2, 0.25) is 0 Å². The number of carbonyl (C=O) groups excluding carboxylic acids is 2. The summed E-state index contributed by atoms with van der Waals surface area (Å²) in [4.78, 5) is 24.9. The molecule has 0 saturated heterocycles. The number of carbonyl (C=O) groups is 2. The third kappa shape index (κ3) is 5.70. The van der Waals surface area contributed by atoms with Crippen LogP contribution >= 0.6 is 0 Å². The molecular weight excluding hydrogens is 310 g/mol. The van der Waals surface area contributed by atoms with Crippen LogP contribution in [-0.4, -0.2) is 24.6 Å². The zero-order chi connectivity index (χ0) is 18.5. The molecule has 0 bridgehead atoms. The number of esters is 2. The fraction of sp³-hybridized carbons (Fsp3) is 0.444. The number of hydrogen-bond donors (Lipinski definition) is 1. The second-order valence-corrected chi connectivity index (χ2v) is 6.49. The molecule has 0 heterocycles. The van der Waals surface area contributed by atoms with E-state index >= 15 is 0 Å². The van der Waals surface area contributed by atoms with E-state index in [4.69, 9.17) is 19.9 Å². The molecule has 1 rings (SSSR count). The summed E-state index contributed by atoms with van der Waals surface area (Å²) >= 11 is 0. The van der Waals surface area contributed by atoms with E-state index in [1.807, 2.05) is 0 Å². The minimum atomic E-state index is -1.28. The first kappa shape index (κ1) is 19.7. The molecule has 0 aliphatic carbocycles. The largest absolute Gasteiger partial charge is 0.459 e. The first-order chi connectivity index (χ1) is 11.0. The molecule has 0 amide bonds. The molecule has 1 atom stereocenters. The fourth-order valence-electron chi connectivity index (χ4n) is 2.09. The predicted molar refractivity (Wildman–Crippen MR) is 91.1 cm³/mol. The van der Waals surface area contributed by atoms with Crippen LogP contribution < -0.4 is 5.73 Å². The van der Waals surface area contributed by atoms with Crippen LogP contribution in [0.4, 0.5) is 5.69 Å². The summed E-state index contributed by atoms with van der Waals surface area (Å²) in [7, 11) is 1.57. The van der Waals surface area contributed by atoms with Crippen LogP contribution in [0.25, 0.3) is 0 Å². The van der Waals surface area contributed by atoms with Gasteiger partial charge < -0.3 is 19.9 Å². The predicted octanol–water partition coefficient (Wildman–Crippen LogP) is 2.92. The van der Waals surface area contributed by atoms with E-state index in [1.54, 1.807) is 46.1 Å². The van der Waals surface area contributed by atoms with Gasteiger partial charge in [-0.1, -0.05) is 18.7 Å². The van der Waals surface area contributed by atoms with E-state index in [2.05, 4.69) is 6.58 Å². The number of allylic oxidation sites excluding steroid dienone is 1. The maximum Gasteiger partial charge on any atom is 0.330 e. The highest BCUT2D eigenvalue weighted by molar-refractivity contribution is 6.02. The zero-order valence-corrected chi connectivity index (χ0v) is 14.8. The summed E-state index contributed by atoms with van der Waals surface area (Å²) in [6.45, 7) is 10.6. The molecule has 0 aliphatic rings. The standard InChI is InChI=1S/C18H25NO5/c1-11(2)23-16(20)15(17(21)24-18(3,4)5)13-8-7-12(10-22-6)9-14(13)19/h7-9,15H,1,10,19H2,2-6H3. The monoisotopic (exact) mass is 335 g/mol. The van der Waals surface area contributed by atoms with Crippen molar-refractivity contribution in [3.8, 4) is 0 Å². The second kappa shape index (κ2) is 7.97. The molecular formula is C18H25NO5. The van der Waals surface area contributed by atoms with Crippen LogP contribution in [0.15, 0.2) is 30.5 Å². The lowest BCUT2D eigenvalue weighted by Gasteiger charge is -2.24. The lowest BCUT2D eigenvalue weighted by atomic mass is 9.95. The highest BCUT2D eigenvalue weighted by Gasteiger charge is 2.35. The SMILES string of the molecule is C=C(C)OC(=O)C(C(=O)OC(C)(C)C)c1ccc(COC)cc1N. The Kier molecular flexibility index (Phi) is 6.54. The van der Waals surface area contributed by atoms with Crippen molar-refractivity contribution in [2.45, 2.75) is 45.8 Å². The minimum Gasteiger partial charge on any atom is -0.459 e. The number of rotatable bonds is 6. The molecule has 0 spiro atoms. The van der Waals surface area contributed by atoms with Crippen LogP contribution in [0.3, 0.4) is 0 Å². The Bertz CT molecular complexity index is 631. The first-order valence-corrected chi connectivity index (χ1v) is 7.52. The van der Waals surface area contributed by atoms with Crippen LogP contribution in [0, 0.1) is 0 Å². The Balaban J connectivity index is 3.24. The maximum absolute atomic E-state index is 12.5. The van der Waals surface area contributed by atoms with Crippen molar-refractivity contribution < 1.29 is 23.8 Å². The molecule has 0 aliphatic heterocycles. The van der Waals surface area contributed by atoms with E-state index < -0.39 is 23.5 Å². The number of hydrogen-bond acceptors (Lipinski definition) is 6. The Morgan fingerprint density at radius 2 is 1.88 bits per heavy atom. The van der Waals surface area contributed by atoms with Gasteiger partial charge in [0.25, 0.3) is 0 Å². The van der Waals surface area contributed by atoms with Crippen molar-refractivity contribution in [2.75, 3.05) is 12.8 Å². The molecule has 6 nitrogen and oxygen atoms in total. The van der Waals surface area contributed by atoms with Gasteiger partial charge in [0.05, 0.1) is 12.4 Å². The molecule has 0 aromatic heterocycles. The van der Waals surface area contributed by atoms with Gasteiger partial charge in [-0.15, -0.1) is 0 Å². The number of nitrogen functional groups attached to an aromatic ring is 1. The van der Waals surface area contributed by atoms with Gasteiger partial charge in [0.1, 0.15) is 5.60 Å². The van der Waals surface area contributed by atoms with Crippen LogP contribution in [-0.2, 0) is 30.4 Å². The van der Waals surface area contributed by atoms with Crippen molar-refractivity contribution >= 4 is 17.6 Å². The van der Waals surface area contributed by atoms with Crippen molar-refractivity contribution in [1.29, 1.82) is 0 Å². The lowest BCUT2D eigenvalue weighted by Crippen LogP contribution is -2.32. The van der Waals surface area contributed by atoms with Gasteiger partial charge in [-0.2, -0.15) is 0 Å². The summed E-state index contributed by atoms with van der Waals surface area (Å²) < 4.78 is 15.4. The van der Waals surface area contributed by atoms with Gasteiger partial charge in [-0.3, -0.25) is 9.59 Å². The van der Waals surface area contributed by atoms with Crippen molar-refractivity contribution in [3.05, 3.63) is 41.7 Å². The first-order valence-electron chi connectivity index (χ1n) is 7.52. The van der Waals surface area contributed by atoms with Crippen molar-refractivity contribution in [3.63, 3.8) is 0 Å². The number of nitrogens with two attached hydrogens (primary N) is 1. The molecule has 0 fully saturated rings. The van der Waals surface area contributed by atoms with E-state index in [1.165, 1.54) is 6.92 Å². The zero-order valence-electron chi connectivity index (χ0n) is 14.8. The van der Waals surface area contributed by atoms with Crippen LogP contribution in [0.5, 0.6) is 0 Å². The normalized spacial score (nSPS) is 12.4. The molecule has 0 saturated carbocycles. The van der Waals surface area contributed by atoms with Crippen molar-refractivity contribution in [2.24, 2.45) is 0 Å². The molecule has 0 radical (unpaired) electrons. The fourth-order valence-corrected chi connectivity index (χ4v) is 2.09. The Hall–Kier alpha value is -2.34. The molecule has 2 N–H and O–H groups in total. The number of ether oxygens (including phenoxy) is 3. The Labute approximate surface area is 142 Å². The van der Waals surface area contributed by atoms with Gasteiger partial charge in [0, 0.05) is 18.4 Å². The average Bonchev–Trinajstić information content (AvgIpc) is 2.39. The summed E-state index contributed by atoms with van der Waals surface area (Å²) in [5.74, 6) is -2.59. The smallest absolute Gasteiger partial charge is 0.330 e. The maximum atomic E-state index is 12.5. The molecule has 1 unspecified atom stereocenters. The Morgan fingerprint density at radius 1 is 1.25 bits per heavy atom. The minimum absolute atomic E-state index is 0.183. The van der Waals surface area contributed by atoms with Gasteiger partial charge in [0.15, 0.2) is 5.92 Å². The highest BCUT2D eigenvalue weighted by atomic mass is 16.6. The van der Waals surface area contributed by atoms with Crippen LogP contribution in [0.1, 0.15) is 44.7 Å². The molecule has 1 aromatic carbocycles. The quantitative estimate of drug-likeness (QED) is 0.372. The van der Waals surface area contributed by atoms with Gasteiger partial charge in [-0.05, 0) is 39.3 Å². The number of benzene rings is 1. The second-order valence-electron chi connectivity index (χ2n) is 6.49. The summed E-state index contributed by atoms with van der Waals surface area (Å²) in [6.07, 6.45) is 0. The molecule has 6 heteroatoms. The molecule has 1 aromatic rings. The third-order valence-corrected chi connectivity index (χ3v) is 2.93. The van der Waals surface area contributed by atoms with Crippen molar-refractivity contribution in [1.82, 2.24) is 0 Å². The lowest BCUT2D eigenvalue weighted by molar-refractivity contribution is -0.163. The van der Waals surface area contributed by atoms with Gasteiger partial charge >= 0.3 is 11.9 Å². The highest BCUT2D eigenvalue weighted by Crippen LogP contribution is 2.28.